The third kappa shape index (κ3) is 5.47. The van der Waals surface area contributed by atoms with Crippen molar-refractivity contribution in [3.8, 4) is 5.75 Å². The first-order valence-corrected chi connectivity index (χ1v) is 11.8. The normalized spacial score (nSPS) is 14.8. The van der Waals surface area contributed by atoms with E-state index in [1.807, 2.05) is 24.3 Å². The van der Waals surface area contributed by atoms with E-state index >= 15 is 0 Å². The van der Waals surface area contributed by atoms with Crippen LogP contribution in [0.25, 0.3) is 0 Å². The van der Waals surface area contributed by atoms with Gasteiger partial charge in [-0.2, -0.15) is 0 Å². The van der Waals surface area contributed by atoms with Gasteiger partial charge in [0, 0.05) is 25.3 Å². The molecule has 0 amide bonds. The van der Waals surface area contributed by atoms with Gasteiger partial charge in [-0.15, -0.1) is 0 Å². The van der Waals surface area contributed by atoms with Crippen LogP contribution in [-0.2, 0) is 30.4 Å². The van der Waals surface area contributed by atoms with Gasteiger partial charge in [-0.1, -0.05) is 12.1 Å². The average Bonchev–Trinajstić information content (AvgIpc) is 2.99. The standard InChI is InChI=1S/C25H28FN3O2S/c1-29-13-11-19-15-24(25(31-2)16-20(19)12-14-29)28-32(30)23-9-3-18(4-10-23)17-27-22-7-5-21(26)6-8-22/h3-10,15-16,27-28H,11-14,17H2,1-2H3. The first-order valence-electron chi connectivity index (χ1n) is 10.7. The highest BCUT2D eigenvalue weighted by Crippen LogP contribution is 2.31. The van der Waals surface area contributed by atoms with Crippen molar-refractivity contribution in [2.24, 2.45) is 0 Å². The molecule has 0 fully saturated rings. The number of hydrogen-bond donors (Lipinski definition) is 2. The molecule has 1 unspecified atom stereocenters. The number of nitrogens with zero attached hydrogens (tertiary/aromatic N) is 1. The molecular weight excluding hydrogens is 425 g/mol. The molecule has 0 spiro atoms. The Balaban J connectivity index is 1.43. The lowest BCUT2D eigenvalue weighted by Gasteiger charge is -2.15. The van der Waals surface area contributed by atoms with Crippen LogP contribution in [0, 0.1) is 5.82 Å². The summed E-state index contributed by atoms with van der Waals surface area (Å²) in [5.41, 5.74) is 5.21. The number of halogens is 1. The van der Waals surface area contributed by atoms with E-state index in [9.17, 15) is 8.60 Å². The topological polar surface area (TPSA) is 53.6 Å². The fraction of sp³-hybridized carbons (Fsp3) is 0.280. The van der Waals surface area contributed by atoms with Crippen LogP contribution >= 0.6 is 0 Å². The maximum Gasteiger partial charge on any atom is 0.150 e. The highest BCUT2D eigenvalue weighted by Gasteiger charge is 2.16. The Hall–Kier alpha value is -2.90. The van der Waals surface area contributed by atoms with E-state index in [-0.39, 0.29) is 5.82 Å². The Morgan fingerprint density at radius 1 is 1.00 bits per heavy atom. The first kappa shape index (κ1) is 22.3. The van der Waals surface area contributed by atoms with E-state index in [1.54, 1.807) is 19.2 Å². The summed E-state index contributed by atoms with van der Waals surface area (Å²) >= 11 is 0. The molecule has 0 saturated carbocycles. The summed E-state index contributed by atoms with van der Waals surface area (Å²) < 4.78 is 34.7. The van der Waals surface area contributed by atoms with E-state index in [0.717, 1.165) is 42.9 Å². The molecule has 1 atom stereocenters. The summed E-state index contributed by atoms with van der Waals surface area (Å²) in [5, 5.41) is 3.25. The van der Waals surface area contributed by atoms with Crippen molar-refractivity contribution in [3.05, 3.63) is 83.2 Å². The largest absolute Gasteiger partial charge is 0.495 e. The monoisotopic (exact) mass is 453 g/mol. The zero-order chi connectivity index (χ0) is 22.5. The molecule has 2 N–H and O–H groups in total. The summed E-state index contributed by atoms with van der Waals surface area (Å²) in [6, 6.07) is 18.0. The predicted molar refractivity (Wildman–Crippen MR) is 128 cm³/mol. The Labute approximate surface area is 191 Å². The molecule has 168 valence electrons. The minimum atomic E-state index is -1.41. The predicted octanol–water partition coefficient (Wildman–Crippen LogP) is 4.61. The van der Waals surface area contributed by atoms with Crippen molar-refractivity contribution in [3.63, 3.8) is 0 Å². The van der Waals surface area contributed by atoms with Crippen molar-refractivity contribution in [2.45, 2.75) is 24.3 Å². The van der Waals surface area contributed by atoms with Crippen molar-refractivity contribution < 1.29 is 13.3 Å². The van der Waals surface area contributed by atoms with Crippen molar-refractivity contribution in [1.82, 2.24) is 4.90 Å². The molecule has 0 radical (unpaired) electrons. The molecule has 5 nitrogen and oxygen atoms in total. The SMILES string of the molecule is COc1cc2c(cc1NS(=O)c1ccc(CNc3ccc(F)cc3)cc1)CCN(C)CC2. The first-order chi connectivity index (χ1) is 15.5. The van der Waals surface area contributed by atoms with E-state index in [4.69, 9.17) is 4.74 Å². The van der Waals surface area contributed by atoms with Crippen LogP contribution in [0.15, 0.2) is 65.6 Å². The van der Waals surface area contributed by atoms with E-state index in [0.29, 0.717) is 17.2 Å². The molecule has 4 rings (SSSR count). The van der Waals surface area contributed by atoms with Crippen molar-refractivity contribution in [1.29, 1.82) is 0 Å². The molecule has 0 aliphatic carbocycles. The van der Waals surface area contributed by atoms with Gasteiger partial charge < -0.3 is 15.0 Å². The van der Waals surface area contributed by atoms with E-state index in [1.165, 1.54) is 23.3 Å². The second-order valence-corrected chi connectivity index (χ2v) is 9.21. The van der Waals surface area contributed by atoms with E-state index in [2.05, 4.69) is 34.1 Å². The molecular formula is C25H28FN3O2S. The summed E-state index contributed by atoms with van der Waals surface area (Å²) in [4.78, 5) is 3.01. The van der Waals surface area contributed by atoms with Crippen LogP contribution in [0.4, 0.5) is 15.8 Å². The number of benzene rings is 3. The summed E-state index contributed by atoms with van der Waals surface area (Å²) in [6.07, 6.45) is 1.95. The molecule has 0 aromatic heterocycles. The van der Waals surface area contributed by atoms with Gasteiger partial charge in [0.25, 0.3) is 0 Å². The second kappa shape index (κ2) is 10.1. The number of rotatable bonds is 7. The van der Waals surface area contributed by atoms with Crippen molar-refractivity contribution >= 4 is 22.4 Å². The fourth-order valence-corrected chi connectivity index (χ4v) is 4.64. The van der Waals surface area contributed by atoms with Crippen LogP contribution in [0.5, 0.6) is 5.75 Å². The van der Waals surface area contributed by atoms with Crippen molar-refractivity contribution in [2.75, 3.05) is 37.3 Å². The lowest BCUT2D eigenvalue weighted by atomic mass is 10.0. The van der Waals surface area contributed by atoms with Gasteiger partial charge in [0.1, 0.15) is 22.6 Å². The molecule has 3 aromatic rings. The second-order valence-electron chi connectivity index (χ2n) is 8.00. The zero-order valence-electron chi connectivity index (χ0n) is 18.4. The van der Waals surface area contributed by atoms with Gasteiger partial charge in [0.05, 0.1) is 17.7 Å². The van der Waals surface area contributed by atoms with Gasteiger partial charge in [0.15, 0.2) is 0 Å². The number of fused-ring (bicyclic) bond motifs is 1. The smallest absolute Gasteiger partial charge is 0.150 e. The maximum atomic E-state index is 13.0. The highest BCUT2D eigenvalue weighted by atomic mass is 32.2. The maximum absolute atomic E-state index is 13.0. The molecule has 3 aromatic carbocycles. The molecule has 1 aliphatic heterocycles. The van der Waals surface area contributed by atoms with Gasteiger partial charge in [-0.25, -0.2) is 8.60 Å². The lowest BCUT2D eigenvalue weighted by Crippen LogP contribution is -2.20. The van der Waals surface area contributed by atoms with E-state index < -0.39 is 11.0 Å². The number of likely N-dealkylation sites (N-methyl/N-ethyl adjacent to an activating group) is 1. The molecule has 7 heteroatoms. The number of anilines is 2. The average molecular weight is 454 g/mol. The van der Waals surface area contributed by atoms with Gasteiger partial charge in [-0.05, 0) is 85.1 Å². The summed E-state index contributed by atoms with van der Waals surface area (Å²) in [6.45, 7) is 2.63. The number of methoxy groups -OCH3 is 1. The summed E-state index contributed by atoms with van der Waals surface area (Å²) in [5.74, 6) is 0.454. The highest BCUT2D eigenvalue weighted by molar-refractivity contribution is 7.86. The quantitative estimate of drug-likeness (QED) is 0.549. The van der Waals surface area contributed by atoms with Crippen LogP contribution in [0.3, 0.4) is 0 Å². The van der Waals surface area contributed by atoms with Crippen LogP contribution in [0.1, 0.15) is 16.7 Å². The molecule has 1 heterocycles. The number of hydrogen-bond acceptors (Lipinski definition) is 4. The zero-order valence-corrected chi connectivity index (χ0v) is 19.2. The Kier molecular flexibility index (Phi) is 7.07. The Morgan fingerprint density at radius 3 is 2.31 bits per heavy atom. The third-order valence-electron chi connectivity index (χ3n) is 5.73. The lowest BCUT2D eigenvalue weighted by molar-refractivity contribution is 0.352. The fourth-order valence-electron chi connectivity index (χ4n) is 3.78. The molecule has 0 saturated heterocycles. The van der Waals surface area contributed by atoms with Gasteiger partial charge >= 0.3 is 0 Å². The molecule has 1 aliphatic rings. The van der Waals surface area contributed by atoms with Crippen LogP contribution < -0.4 is 14.8 Å². The molecule has 32 heavy (non-hydrogen) atoms. The van der Waals surface area contributed by atoms with Crippen LogP contribution in [-0.4, -0.2) is 36.4 Å². The minimum absolute atomic E-state index is 0.256. The Bertz CT molecular complexity index is 1090. The third-order valence-corrected chi connectivity index (χ3v) is 6.83. The van der Waals surface area contributed by atoms with Crippen LogP contribution in [0.2, 0.25) is 0 Å². The Morgan fingerprint density at radius 2 is 1.66 bits per heavy atom. The molecule has 0 bridgehead atoms. The van der Waals surface area contributed by atoms with Gasteiger partial charge in [0.2, 0.25) is 0 Å². The number of nitrogens with one attached hydrogen (secondary N) is 2. The number of ether oxygens (including phenoxy) is 1. The van der Waals surface area contributed by atoms with Gasteiger partial charge in [-0.3, -0.25) is 4.72 Å². The summed E-state index contributed by atoms with van der Waals surface area (Å²) in [7, 11) is 2.36. The minimum Gasteiger partial charge on any atom is -0.495 e.